The zero-order valence-corrected chi connectivity index (χ0v) is 13.3. The number of amides is 1. The highest BCUT2D eigenvalue weighted by Crippen LogP contribution is 2.20. The topological polar surface area (TPSA) is 33.0 Å². The molecule has 2 aromatic rings. The molecule has 1 aromatic carbocycles. The SMILES string of the molecule is Cc1cccc[n+]1CC(=O)NCCc1ccc(Cl)cc1Cl. The van der Waals surface area contributed by atoms with Crippen LogP contribution in [0.15, 0.2) is 42.6 Å². The van der Waals surface area contributed by atoms with Crippen molar-refractivity contribution in [1.82, 2.24) is 5.32 Å². The second-order valence-electron chi connectivity index (χ2n) is 4.81. The molecule has 1 heterocycles. The molecule has 5 heteroatoms. The Balaban J connectivity index is 1.83. The minimum atomic E-state index is -0.0145. The number of nitrogens with one attached hydrogen (secondary N) is 1. The van der Waals surface area contributed by atoms with Gasteiger partial charge in [-0.3, -0.25) is 4.79 Å². The summed E-state index contributed by atoms with van der Waals surface area (Å²) >= 11 is 11.9. The fraction of sp³-hybridized carbons (Fsp3) is 0.250. The molecule has 0 spiro atoms. The number of aryl methyl sites for hydroxylation is 1. The molecule has 2 rings (SSSR count). The van der Waals surface area contributed by atoms with Gasteiger partial charge in [-0.25, -0.2) is 0 Å². The lowest BCUT2D eigenvalue weighted by Crippen LogP contribution is -2.45. The van der Waals surface area contributed by atoms with Crippen molar-refractivity contribution in [3.05, 3.63) is 63.9 Å². The van der Waals surface area contributed by atoms with Gasteiger partial charge in [-0.15, -0.1) is 0 Å². The van der Waals surface area contributed by atoms with Crippen molar-refractivity contribution in [3.8, 4) is 0 Å². The summed E-state index contributed by atoms with van der Waals surface area (Å²) in [5, 5.41) is 4.14. The zero-order chi connectivity index (χ0) is 15.2. The van der Waals surface area contributed by atoms with Crippen LogP contribution in [0.4, 0.5) is 0 Å². The van der Waals surface area contributed by atoms with Gasteiger partial charge in [-0.05, 0) is 24.1 Å². The van der Waals surface area contributed by atoms with Crippen molar-refractivity contribution >= 4 is 29.1 Å². The van der Waals surface area contributed by atoms with E-state index in [9.17, 15) is 4.79 Å². The fourth-order valence-corrected chi connectivity index (χ4v) is 2.51. The Kier molecular flexibility index (Phi) is 5.59. The number of aromatic nitrogens is 1. The molecule has 0 aliphatic carbocycles. The third kappa shape index (κ3) is 4.73. The van der Waals surface area contributed by atoms with Crippen LogP contribution in [0.3, 0.4) is 0 Å². The first-order valence-corrected chi connectivity index (χ1v) is 7.47. The molecular formula is C16H17Cl2N2O+. The number of hydrogen-bond donors (Lipinski definition) is 1. The first kappa shape index (κ1) is 15.8. The highest BCUT2D eigenvalue weighted by atomic mass is 35.5. The average Bonchev–Trinajstić information content (AvgIpc) is 2.44. The second kappa shape index (κ2) is 7.43. The summed E-state index contributed by atoms with van der Waals surface area (Å²) in [5.41, 5.74) is 2.03. The summed E-state index contributed by atoms with van der Waals surface area (Å²) in [7, 11) is 0. The Bertz CT molecular complexity index is 644. The quantitative estimate of drug-likeness (QED) is 0.843. The normalized spacial score (nSPS) is 10.4. The van der Waals surface area contributed by atoms with Crippen LogP contribution < -0.4 is 9.88 Å². The van der Waals surface area contributed by atoms with Crippen molar-refractivity contribution in [1.29, 1.82) is 0 Å². The Morgan fingerprint density at radius 2 is 2.05 bits per heavy atom. The van der Waals surface area contributed by atoms with E-state index in [0.29, 0.717) is 29.6 Å². The predicted molar refractivity (Wildman–Crippen MR) is 84.5 cm³/mol. The van der Waals surface area contributed by atoms with Gasteiger partial charge in [0.05, 0.1) is 0 Å². The number of benzene rings is 1. The van der Waals surface area contributed by atoms with Crippen LogP contribution in [0.2, 0.25) is 10.0 Å². The van der Waals surface area contributed by atoms with Gasteiger partial charge in [0.1, 0.15) is 0 Å². The monoisotopic (exact) mass is 323 g/mol. The fourth-order valence-electron chi connectivity index (χ4n) is 2.01. The van der Waals surface area contributed by atoms with E-state index in [1.165, 1.54) is 0 Å². The van der Waals surface area contributed by atoms with E-state index in [2.05, 4.69) is 5.32 Å². The van der Waals surface area contributed by atoms with Gasteiger partial charge in [-0.1, -0.05) is 35.3 Å². The highest BCUT2D eigenvalue weighted by Gasteiger charge is 2.11. The summed E-state index contributed by atoms with van der Waals surface area (Å²) < 4.78 is 1.91. The largest absolute Gasteiger partial charge is 0.350 e. The zero-order valence-electron chi connectivity index (χ0n) is 11.8. The Morgan fingerprint density at radius 3 is 2.76 bits per heavy atom. The Hall–Kier alpha value is -1.58. The lowest BCUT2D eigenvalue weighted by atomic mass is 10.1. The molecule has 1 aromatic heterocycles. The Labute approximate surface area is 134 Å². The van der Waals surface area contributed by atoms with E-state index in [1.807, 2.05) is 42.0 Å². The van der Waals surface area contributed by atoms with Crippen molar-refractivity contribution in [2.45, 2.75) is 19.9 Å². The Morgan fingerprint density at radius 1 is 1.24 bits per heavy atom. The van der Waals surface area contributed by atoms with Gasteiger partial charge in [0, 0.05) is 35.6 Å². The smallest absolute Gasteiger partial charge is 0.286 e. The van der Waals surface area contributed by atoms with E-state index >= 15 is 0 Å². The van der Waals surface area contributed by atoms with Crippen LogP contribution in [-0.2, 0) is 17.8 Å². The van der Waals surface area contributed by atoms with Crippen molar-refractivity contribution in [2.24, 2.45) is 0 Å². The maximum absolute atomic E-state index is 11.9. The maximum Gasteiger partial charge on any atom is 0.286 e. The molecule has 0 saturated carbocycles. The first-order chi connectivity index (χ1) is 10.1. The van der Waals surface area contributed by atoms with E-state index in [4.69, 9.17) is 23.2 Å². The van der Waals surface area contributed by atoms with Gasteiger partial charge in [0.15, 0.2) is 11.9 Å². The van der Waals surface area contributed by atoms with Gasteiger partial charge in [-0.2, -0.15) is 4.57 Å². The van der Waals surface area contributed by atoms with Gasteiger partial charge in [0.25, 0.3) is 5.91 Å². The van der Waals surface area contributed by atoms with Crippen molar-refractivity contribution in [3.63, 3.8) is 0 Å². The number of pyridine rings is 1. The molecule has 0 atom stereocenters. The minimum Gasteiger partial charge on any atom is -0.350 e. The summed E-state index contributed by atoms with van der Waals surface area (Å²) in [6, 6.07) is 11.2. The van der Waals surface area contributed by atoms with Crippen molar-refractivity contribution < 1.29 is 9.36 Å². The predicted octanol–water partition coefficient (Wildman–Crippen LogP) is 2.95. The third-order valence-electron chi connectivity index (χ3n) is 3.21. The summed E-state index contributed by atoms with van der Waals surface area (Å²) in [5.74, 6) is -0.0145. The average molecular weight is 324 g/mol. The molecule has 1 amide bonds. The molecule has 0 aliphatic rings. The van der Waals surface area contributed by atoms with Crippen molar-refractivity contribution in [2.75, 3.05) is 6.54 Å². The number of nitrogens with zero attached hydrogens (tertiary/aromatic N) is 1. The number of rotatable bonds is 5. The molecule has 0 aliphatic heterocycles. The maximum atomic E-state index is 11.9. The van der Waals surface area contributed by atoms with E-state index < -0.39 is 0 Å². The van der Waals surface area contributed by atoms with E-state index in [-0.39, 0.29) is 5.91 Å². The van der Waals surface area contributed by atoms with E-state index in [0.717, 1.165) is 11.3 Å². The molecule has 3 nitrogen and oxygen atoms in total. The van der Waals surface area contributed by atoms with Crippen LogP contribution in [0.25, 0.3) is 0 Å². The minimum absolute atomic E-state index is 0.0145. The second-order valence-corrected chi connectivity index (χ2v) is 5.65. The summed E-state index contributed by atoms with van der Waals surface area (Å²) in [6.45, 7) is 2.84. The lowest BCUT2D eigenvalue weighted by molar-refractivity contribution is -0.690. The molecule has 0 bridgehead atoms. The van der Waals surface area contributed by atoms with Crippen LogP contribution in [-0.4, -0.2) is 12.5 Å². The first-order valence-electron chi connectivity index (χ1n) is 6.72. The van der Waals surface area contributed by atoms with Gasteiger partial charge >= 0.3 is 0 Å². The number of hydrogen-bond acceptors (Lipinski definition) is 1. The molecule has 110 valence electrons. The molecule has 1 N–H and O–H groups in total. The van der Waals surface area contributed by atoms with Crippen LogP contribution in [0.1, 0.15) is 11.3 Å². The number of halogens is 2. The molecule has 21 heavy (non-hydrogen) atoms. The molecular weight excluding hydrogens is 307 g/mol. The third-order valence-corrected chi connectivity index (χ3v) is 3.80. The van der Waals surface area contributed by atoms with Crippen LogP contribution in [0.5, 0.6) is 0 Å². The van der Waals surface area contributed by atoms with Crippen LogP contribution >= 0.6 is 23.2 Å². The standard InChI is InChI=1S/C16H16Cl2N2O/c1-12-4-2-3-9-20(12)11-16(21)19-8-7-13-5-6-14(17)10-15(13)18/h2-6,9-10H,7-8,11H2,1H3/p+1. The van der Waals surface area contributed by atoms with E-state index in [1.54, 1.807) is 12.1 Å². The number of carbonyl (C=O) groups is 1. The highest BCUT2D eigenvalue weighted by molar-refractivity contribution is 6.35. The number of carbonyl (C=O) groups excluding carboxylic acids is 1. The molecule has 0 radical (unpaired) electrons. The lowest BCUT2D eigenvalue weighted by Gasteiger charge is -2.06. The summed E-state index contributed by atoms with van der Waals surface area (Å²) in [6.07, 6.45) is 2.57. The van der Waals surface area contributed by atoms with Gasteiger partial charge < -0.3 is 5.32 Å². The summed E-state index contributed by atoms with van der Waals surface area (Å²) in [4.78, 5) is 11.9. The molecule has 0 saturated heterocycles. The van der Waals surface area contributed by atoms with Gasteiger partial charge in [0.2, 0.25) is 6.54 Å². The molecule has 0 unspecified atom stereocenters. The molecule has 0 fully saturated rings. The van der Waals surface area contributed by atoms with Crippen LogP contribution in [0, 0.1) is 6.92 Å².